The number of rotatable bonds is 3. The normalized spacial score (nSPS) is 17.7. The number of carbonyl (C=O) groups is 2. The molecule has 0 aliphatic carbocycles. The van der Waals surface area contributed by atoms with E-state index in [9.17, 15) is 14.0 Å². The number of anilines is 1. The van der Waals surface area contributed by atoms with E-state index in [0.717, 1.165) is 12.8 Å². The highest BCUT2D eigenvalue weighted by Crippen LogP contribution is 2.21. The van der Waals surface area contributed by atoms with Crippen molar-refractivity contribution in [2.75, 3.05) is 11.9 Å². The van der Waals surface area contributed by atoms with Gasteiger partial charge in [0.15, 0.2) is 0 Å². The zero-order chi connectivity index (χ0) is 16.9. The van der Waals surface area contributed by atoms with Crippen molar-refractivity contribution in [1.82, 2.24) is 20.4 Å². The molecule has 8 heteroatoms. The summed E-state index contributed by atoms with van der Waals surface area (Å²) >= 11 is 0. The second kappa shape index (κ2) is 7.12. The van der Waals surface area contributed by atoms with Crippen LogP contribution in [0.1, 0.15) is 19.3 Å². The number of halogens is 1. The number of nitrogens with zero attached hydrogens (tertiary/aromatic N) is 2. The van der Waals surface area contributed by atoms with Gasteiger partial charge in [-0.3, -0.25) is 4.79 Å². The van der Waals surface area contributed by atoms with Crippen LogP contribution in [0.5, 0.6) is 0 Å². The van der Waals surface area contributed by atoms with Crippen molar-refractivity contribution in [2.45, 2.75) is 25.3 Å². The Morgan fingerprint density at radius 3 is 3.04 bits per heavy atom. The smallest absolute Gasteiger partial charge is 0.319 e. The first-order chi connectivity index (χ1) is 11.6. The number of nitrogens with one attached hydrogen (secondary N) is 3. The van der Waals surface area contributed by atoms with E-state index < -0.39 is 17.9 Å². The molecule has 3 N–H and O–H groups in total. The molecule has 126 valence electrons. The molecular formula is C16H18FN5O2. The van der Waals surface area contributed by atoms with Gasteiger partial charge in [-0.25, -0.2) is 13.9 Å². The molecule has 2 aromatic rings. The SMILES string of the molecule is O=C(Nc1cc(F)ccc1-n1cccn1)N[C@@H]1CCCCNC1=O. The topological polar surface area (TPSA) is 88.1 Å². The Morgan fingerprint density at radius 2 is 2.25 bits per heavy atom. The second-order valence-corrected chi connectivity index (χ2v) is 5.55. The standard InChI is InChI=1S/C16H18FN5O2/c17-11-5-6-14(22-9-3-8-19-22)13(10-11)21-16(24)20-12-4-1-2-7-18-15(12)23/h3,5-6,8-10,12H,1-2,4,7H2,(H,18,23)(H2,20,21,24)/t12-/m1/s1. The Hall–Kier alpha value is -2.90. The summed E-state index contributed by atoms with van der Waals surface area (Å²) in [4.78, 5) is 24.1. The van der Waals surface area contributed by atoms with Crippen LogP contribution in [-0.2, 0) is 4.79 Å². The zero-order valence-corrected chi connectivity index (χ0v) is 13.0. The molecule has 0 saturated carbocycles. The quantitative estimate of drug-likeness (QED) is 0.801. The Labute approximate surface area is 138 Å². The van der Waals surface area contributed by atoms with E-state index >= 15 is 0 Å². The zero-order valence-electron chi connectivity index (χ0n) is 13.0. The van der Waals surface area contributed by atoms with Crippen LogP contribution < -0.4 is 16.0 Å². The molecule has 3 amide bonds. The molecule has 0 radical (unpaired) electrons. The van der Waals surface area contributed by atoms with Crippen molar-refractivity contribution in [3.8, 4) is 5.69 Å². The first kappa shape index (κ1) is 16.0. The van der Waals surface area contributed by atoms with Crippen LogP contribution in [-0.4, -0.2) is 34.3 Å². The number of aromatic nitrogens is 2. The highest BCUT2D eigenvalue weighted by Gasteiger charge is 2.22. The lowest BCUT2D eigenvalue weighted by atomic mass is 10.1. The fourth-order valence-corrected chi connectivity index (χ4v) is 2.61. The Morgan fingerprint density at radius 1 is 1.38 bits per heavy atom. The van der Waals surface area contributed by atoms with Gasteiger partial charge in [0.05, 0.1) is 11.4 Å². The van der Waals surface area contributed by atoms with Gasteiger partial charge in [0.2, 0.25) is 5.91 Å². The number of carbonyl (C=O) groups excluding carboxylic acids is 2. The molecule has 1 aromatic carbocycles. The summed E-state index contributed by atoms with van der Waals surface area (Å²) in [5, 5.41) is 12.1. The van der Waals surface area contributed by atoms with Crippen LogP contribution in [0.2, 0.25) is 0 Å². The van der Waals surface area contributed by atoms with E-state index in [-0.39, 0.29) is 11.6 Å². The van der Waals surface area contributed by atoms with E-state index in [4.69, 9.17) is 0 Å². The molecule has 1 fully saturated rings. The third kappa shape index (κ3) is 3.70. The van der Waals surface area contributed by atoms with Gasteiger partial charge in [-0.2, -0.15) is 5.10 Å². The molecule has 0 spiro atoms. The molecule has 2 heterocycles. The van der Waals surface area contributed by atoms with Crippen molar-refractivity contribution in [3.05, 3.63) is 42.5 Å². The fourth-order valence-electron chi connectivity index (χ4n) is 2.61. The minimum atomic E-state index is -0.589. The Bertz CT molecular complexity index is 732. The molecular weight excluding hydrogens is 313 g/mol. The van der Waals surface area contributed by atoms with E-state index in [1.165, 1.54) is 22.9 Å². The van der Waals surface area contributed by atoms with Crippen LogP contribution >= 0.6 is 0 Å². The van der Waals surface area contributed by atoms with E-state index in [1.54, 1.807) is 18.5 Å². The van der Waals surface area contributed by atoms with Gasteiger partial charge in [-0.15, -0.1) is 0 Å². The summed E-state index contributed by atoms with van der Waals surface area (Å²) < 4.78 is 15.1. The number of benzene rings is 1. The van der Waals surface area contributed by atoms with Crippen LogP contribution in [0.25, 0.3) is 5.69 Å². The maximum atomic E-state index is 13.5. The van der Waals surface area contributed by atoms with E-state index in [1.807, 2.05) is 0 Å². The average Bonchev–Trinajstić information content (AvgIpc) is 3.00. The number of hydrogen-bond donors (Lipinski definition) is 3. The molecule has 24 heavy (non-hydrogen) atoms. The molecule has 0 unspecified atom stereocenters. The molecule has 1 aromatic heterocycles. The van der Waals surface area contributed by atoms with Gasteiger partial charge >= 0.3 is 6.03 Å². The summed E-state index contributed by atoms with van der Waals surface area (Å²) in [5.74, 6) is -0.678. The lowest BCUT2D eigenvalue weighted by molar-refractivity contribution is -0.122. The van der Waals surface area contributed by atoms with Crippen LogP contribution in [0.15, 0.2) is 36.7 Å². The third-order valence-electron chi connectivity index (χ3n) is 3.80. The maximum absolute atomic E-state index is 13.5. The van der Waals surface area contributed by atoms with Gasteiger partial charge in [0.25, 0.3) is 0 Å². The van der Waals surface area contributed by atoms with Crippen molar-refractivity contribution in [1.29, 1.82) is 0 Å². The molecule has 1 aliphatic heterocycles. The third-order valence-corrected chi connectivity index (χ3v) is 3.80. The number of hydrogen-bond acceptors (Lipinski definition) is 3. The highest BCUT2D eigenvalue weighted by atomic mass is 19.1. The van der Waals surface area contributed by atoms with Crippen molar-refractivity contribution >= 4 is 17.6 Å². The summed E-state index contributed by atoms with van der Waals surface area (Å²) in [7, 11) is 0. The van der Waals surface area contributed by atoms with Crippen molar-refractivity contribution in [3.63, 3.8) is 0 Å². The minimum absolute atomic E-state index is 0.200. The molecule has 1 aliphatic rings. The summed E-state index contributed by atoms with van der Waals surface area (Å²) in [5.41, 5.74) is 0.798. The van der Waals surface area contributed by atoms with Crippen molar-refractivity contribution in [2.24, 2.45) is 0 Å². The Balaban J connectivity index is 1.74. The largest absolute Gasteiger partial charge is 0.354 e. The number of amides is 3. The van der Waals surface area contributed by atoms with Crippen LogP contribution in [0.4, 0.5) is 14.9 Å². The first-order valence-corrected chi connectivity index (χ1v) is 7.78. The van der Waals surface area contributed by atoms with Gasteiger partial charge < -0.3 is 16.0 Å². The van der Waals surface area contributed by atoms with Crippen LogP contribution in [0, 0.1) is 5.82 Å². The lowest BCUT2D eigenvalue weighted by Gasteiger charge is -2.17. The maximum Gasteiger partial charge on any atom is 0.319 e. The monoisotopic (exact) mass is 331 g/mol. The van der Waals surface area contributed by atoms with Crippen molar-refractivity contribution < 1.29 is 14.0 Å². The van der Waals surface area contributed by atoms with Gasteiger partial charge in [-0.1, -0.05) is 0 Å². The van der Waals surface area contributed by atoms with E-state index in [0.29, 0.717) is 18.7 Å². The van der Waals surface area contributed by atoms with Gasteiger partial charge in [0.1, 0.15) is 11.9 Å². The molecule has 7 nitrogen and oxygen atoms in total. The second-order valence-electron chi connectivity index (χ2n) is 5.55. The average molecular weight is 331 g/mol. The van der Waals surface area contributed by atoms with Gasteiger partial charge in [0, 0.05) is 18.9 Å². The minimum Gasteiger partial charge on any atom is -0.354 e. The summed E-state index contributed by atoms with van der Waals surface area (Å²) in [6.45, 7) is 0.617. The molecule has 1 atom stereocenters. The lowest BCUT2D eigenvalue weighted by Crippen LogP contribution is -2.47. The summed E-state index contributed by atoms with van der Waals surface area (Å²) in [6.07, 6.45) is 5.59. The number of urea groups is 1. The molecule has 0 bridgehead atoms. The molecule has 3 rings (SSSR count). The molecule has 1 saturated heterocycles. The summed E-state index contributed by atoms with van der Waals surface area (Å²) in [6, 6.07) is 4.60. The Kier molecular flexibility index (Phi) is 4.74. The fraction of sp³-hybridized carbons (Fsp3) is 0.312. The highest BCUT2D eigenvalue weighted by molar-refractivity contribution is 5.95. The van der Waals surface area contributed by atoms with Gasteiger partial charge in [-0.05, 0) is 43.5 Å². The first-order valence-electron chi connectivity index (χ1n) is 7.78. The van der Waals surface area contributed by atoms with E-state index in [2.05, 4.69) is 21.0 Å². The predicted octanol–water partition coefficient (Wildman–Crippen LogP) is 1.80. The van der Waals surface area contributed by atoms with Crippen LogP contribution in [0.3, 0.4) is 0 Å². The predicted molar refractivity (Wildman–Crippen MR) is 86.3 cm³/mol.